The maximum atomic E-state index is 12.7. The van der Waals surface area contributed by atoms with Crippen molar-refractivity contribution >= 4 is 35.6 Å². The summed E-state index contributed by atoms with van der Waals surface area (Å²) in [4.78, 5) is 70.3. The molecule has 5 unspecified atom stereocenters. The van der Waals surface area contributed by atoms with Crippen molar-refractivity contribution in [2.75, 3.05) is 0 Å². The van der Waals surface area contributed by atoms with Crippen LogP contribution < -0.4 is 21.7 Å². The summed E-state index contributed by atoms with van der Waals surface area (Å²) in [6.07, 6.45) is -3.16. The van der Waals surface area contributed by atoms with E-state index in [1.165, 1.54) is 6.92 Å². The van der Waals surface area contributed by atoms with Crippen molar-refractivity contribution in [3.8, 4) is 0 Å². The number of hydrogen-bond acceptors (Lipinski definition) is 8. The predicted molar refractivity (Wildman–Crippen MR) is 112 cm³/mol. The Bertz CT molecular complexity index is 740. The number of rotatable bonds is 15. The van der Waals surface area contributed by atoms with E-state index in [9.17, 15) is 33.9 Å². The van der Waals surface area contributed by atoms with Crippen molar-refractivity contribution in [2.45, 2.75) is 76.7 Å². The van der Waals surface area contributed by atoms with Gasteiger partial charge in [0.25, 0.3) is 0 Å². The first-order valence-electron chi connectivity index (χ1n) is 10.2. The van der Waals surface area contributed by atoms with Crippen LogP contribution in [0.3, 0.4) is 0 Å². The highest BCUT2D eigenvalue weighted by molar-refractivity contribution is 5.95. The minimum atomic E-state index is -1.83. The number of amides is 3. The lowest BCUT2D eigenvalue weighted by atomic mass is 10.0. The summed E-state index contributed by atoms with van der Waals surface area (Å²) in [5.41, 5.74) is 5.76. The van der Waals surface area contributed by atoms with Gasteiger partial charge in [0, 0.05) is 6.42 Å². The molecule has 14 nitrogen and oxygen atoms in total. The molecular weight excluding hydrogens is 444 g/mol. The molecule has 0 aliphatic rings. The molecule has 5 atom stereocenters. The van der Waals surface area contributed by atoms with Crippen molar-refractivity contribution in [2.24, 2.45) is 11.7 Å². The van der Waals surface area contributed by atoms with Gasteiger partial charge in [-0.05, 0) is 25.7 Å². The molecule has 0 aromatic carbocycles. The largest absolute Gasteiger partial charge is 0.481 e. The third kappa shape index (κ3) is 11.8. The smallest absolute Gasteiger partial charge is 0.326 e. The summed E-state index contributed by atoms with van der Waals surface area (Å²) in [5.74, 6) is -7.34. The SMILES string of the molecule is CC(C)CC(N)C(=O)NC(C(=O)NC(CCC(=O)O)C(=O)NC(CC(=O)O)C(=O)O)C(C)O. The molecule has 0 heterocycles. The van der Waals surface area contributed by atoms with Crippen LogP contribution in [-0.4, -0.2) is 86.3 Å². The first-order chi connectivity index (χ1) is 15.1. The topological polar surface area (TPSA) is 245 Å². The van der Waals surface area contributed by atoms with Gasteiger partial charge >= 0.3 is 17.9 Å². The number of nitrogens with one attached hydrogen (secondary N) is 3. The number of nitrogens with two attached hydrogens (primary N) is 1. The van der Waals surface area contributed by atoms with Crippen LogP contribution in [0.1, 0.15) is 46.5 Å². The Morgan fingerprint density at radius 1 is 0.788 bits per heavy atom. The van der Waals surface area contributed by atoms with Gasteiger partial charge in [0.15, 0.2) is 0 Å². The number of hydrogen-bond donors (Lipinski definition) is 8. The van der Waals surface area contributed by atoms with E-state index in [2.05, 4.69) is 10.6 Å². The molecule has 0 aromatic rings. The van der Waals surface area contributed by atoms with Crippen molar-refractivity contribution < 1.29 is 49.2 Å². The third-order valence-electron chi connectivity index (χ3n) is 4.40. The molecule has 0 saturated carbocycles. The van der Waals surface area contributed by atoms with Crippen LogP contribution in [0.25, 0.3) is 0 Å². The Balaban J connectivity index is 5.52. The van der Waals surface area contributed by atoms with Crippen LogP contribution in [0, 0.1) is 5.92 Å². The first-order valence-corrected chi connectivity index (χ1v) is 10.2. The number of aliphatic hydroxyl groups is 1. The van der Waals surface area contributed by atoms with Gasteiger partial charge in [0.2, 0.25) is 17.7 Å². The third-order valence-corrected chi connectivity index (χ3v) is 4.40. The molecule has 0 rings (SSSR count). The van der Waals surface area contributed by atoms with E-state index in [1.807, 2.05) is 19.2 Å². The highest BCUT2D eigenvalue weighted by Gasteiger charge is 2.33. The van der Waals surface area contributed by atoms with Gasteiger partial charge in [-0.2, -0.15) is 0 Å². The second-order valence-electron chi connectivity index (χ2n) is 7.95. The lowest BCUT2D eigenvalue weighted by Crippen LogP contribution is -2.60. The van der Waals surface area contributed by atoms with Crippen LogP contribution in [0.4, 0.5) is 0 Å². The Hall–Kier alpha value is -3.26. The quantitative estimate of drug-likeness (QED) is 0.124. The zero-order valence-electron chi connectivity index (χ0n) is 18.6. The first kappa shape index (κ1) is 29.7. The van der Waals surface area contributed by atoms with Gasteiger partial charge in [-0.25, -0.2) is 4.79 Å². The minimum Gasteiger partial charge on any atom is -0.481 e. The Labute approximate surface area is 189 Å². The lowest BCUT2D eigenvalue weighted by Gasteiger charge is -2.26. The fourth-order valence-corrected chi connectivity index (χ4v) is 2.73. The zero-order valence-corrected chi connectivity index (χ0v) is 18.6. The molecule has 0 saturated heterocycles. The van der Waals surface area contributed by atoms with Crippen LogP contribution in [0.2, 0.25) is 0 Å². The van der Waals surface area contributed by atoms with E-state index in [0.717, 1.165) is 0 Å². The van der Waals surface area contributed by atoms with E-state index in [0.29, 0.717) is 6.42 Å². The monoisotopic (exact) mass is 476 g/mol. The number of carboxylic acids is 3. The minimum absolute atomic E-state index is 0.0710. The summed E-state index contributed by atoms with van der Waals surface area (Å²) in [7, 11) is 0. The number of carbonyl (C=O) groups is 6. The average Bonchev–Trinajstić information content (AvgIpc) is 2.66. The lowest BCUT2D eigenvalue weighted by molar-refractivity contribution is -0.147. The molecule has 14 heteroatoms. The standard InChI is InChI=1S/C19H32N4O10/c1-8(2)6-10(20)16(29)23-15(9(3)24)18(31)21-11(4-5-13(25)26)17(30)22-12(19(32)33)7-14(27)28/h8-12,15,24H,4-7,20H2,1-3H3,(H,21,31)(H,22,30)(H,23,29)(H,25,26)(H,27,28)(H,32,33). The molecule has 0 aliphatic heterocycles. The van der Waals surface area contributed by atoms with E-state index < -0.39 is 85.2 Å². The molecule has 3 amide bonds. The Morgan fingerprint density at radius 3 is 1.76 bits per heavy atom. The number of aliphatic carboxylic acids is 3. The molecule has 0 radical (unpaired) electrons. The Morgan fingerprint density at radius 2 is 1.33 bits per heavy atom. The second kappa shape index (κ2) is 14.0. The maximum Gasteiger partial charge on any atom is 0.326 e. The highest BCUT2D eigenvalue weighted by atomic mass is 16.4. The average molecular weight is 476 g/mol. The molecule has 9 N–H and O–H groups in total. The van der Waals surface area contributed by atoms with Gasteiger partial charge in [-0.1, -0.05) is 13.8 Å². The van der Waals surface area contributed by atoms with Crippen LogP contribution in [-0.2, 0) is 28.8 Å². The second-order valence-corrected chi connectivity index (χ2v) is 7.95. The molecule has 0 fully saturated rings. The summed E-state index contributed by atoms with van der Waals surface area (Å²) < 4.78 is 0. The summed E-state index contributed by atoms with van der Waals surface area (Å²) in [5, 5.41) is 43.0. The van der Waals surface area contributed by atoms with Crippen molar-refractivity contribution in [1.82, 2.24) is 16.0 Å². The molecule has 0 aromatic heterocycles. The van der Waals surface area contributed by atoms with Gasteiger partial charge in [-0.15, -0.1) is 0 Å². The predicted octanol–water partition coefficient (Wildman–Crippen LogP) is -2.38. The molecule has 0 aliphatic carbocycles. The Kier molecular flexibility index (Phi) is 12.6. The number of carboxylic acid groups (broad SMARTS) is 3. The van der Waals surface area contributed by atoms with Crippen molar-refractivity contribution in [1.29, 1.82) is 0 Å². The van der Waals surface area contributed by atoms with Gasteiger partial charge in [0.1, 0.15) is 18.1 Å². The normalized spacial score (nSPS) is 15.5. The zero-order chi connectivity index (χ0) is 25.9. The fourth-order valence-electron chi connectivity index (χ4n) is 2.73. The molecule has 188 valence electrons. The maximum absolute atomic E-state index is 12.7. The van der Waals surface area contributed by atoms with E-state index in [1.54, 1.807) is 0 Å². The van der Waals surface area contributed by atoms with Gasteiger partial charge in [-0.3, -0.25) is 24.0 Å². The summed E-state index contributed by atoms with van der Waals surface area (Å²) in [6.45, 7) is 4.84. The van der Waals surface area contributed by atoms with E-state index >= 15 is 0 Å². The molecule has 33 heavy (non-hydrogen) atoms. The van der Waals surface area contributed by atoms with Gasteiger partial charge in [0.05, 0.1) is 18.6 Å². The molecule has 0 spiro atoms. The fraction of sp³-hybridized carbons (Fsp3) is 0.684. The van der Waals surface area contributed by atoms with Crippen LogP contribution in [0.15, 0.2) is 0 Å². The van der Waals surface area contributed by atoms with E-state index in [4.69, 9.17) is 21.1 Å². The van der Waals surface area contributed by atoms with Crippen molar-refractivity contribution in [3.05, 3.63) is 0 Å². The molecule has 0 bridgehead atoms. The van der Waals surface area contributed by atoms with Crippen LogP contribution >= 0.6 is 0 Å². The van der Waals surface area contributed by atoms with Crippen molar-refractivity contribution in [3.63, 3.8) is 0 Å². The number of aliphatic hydroxyl groups excluding tert-OH is 1. The summed E-state index contributed by atoms with van der Waals surface area (Å²) >= 11 is 0. The molecular formula is C19H32N4O10. The van der Waals surface area contributed by atoms with E-state index in [-0.39, 0.29) is 5.92 Å². The van der Waals surface area contributed by atoms with Gasteiger partial charge < -0.3 is 42.1 Å². The summed E-state index contributed by atoms with van der Waals surface area (Å²) in [6, 6.07) is -5.95. The van der Waals surface area contributed by atoms with Crippen LogP contribution in [0.5, 0.6) is 0 Å². The highest BCUT2D eigenvalue weighted by Crippen LogP contribution is 2.06. The number of carbonyl (C=O) groups excluding carboxylic acids is 3.